The van der Waals surface area contributed by atoms with Gasteiger partial charge in [-0.05, 0) is 31.8 Å². The minimum absolute atomic E-state index is 0.182. The van der Waals surface area contributed by atoms with E-state index in [9.17, 15) is 0 Å². The fraction of sp³-hybridized carbons (Fsp3) is 0.333. The molecule has 0 N–H and O–H groups in total. The van der Waals surface area contributed by atoms with Crippen LogP contribution in [0.1, 0.15) is 11.6 Å². The first-order chi connectivity index (χ1) is 10.8. The number of hydrogen-bond acceptors (Lipinski definition) is 4. The Labute approximate surface area is 131 Å². The van der Waals surface area contributed by atoms with Crippen molar-refractivity contribution in [3.05, 3.63) is 54.1 Å². The van der Waals surface area contributed by atoms with Gasteiger partial charge in [-0.1, -0.05) is 36.4 Å². The molecule has 2 aromatic carbocycles. The van der Waals surface area contributed by atoms with Crippen LogP contribution in [0.25, 0.3) is 0 Å². The molecule has 3 rings (SSSR count). The van der Waals surface area contributed by atoms with E-state index < -0.39 is 0 Å². The maximum absolute atomic E-state index is 6.04. The molecule has 0 spiro atoms. The summed E-state index contributed by atoms with van der Waals surface area (Å²) in [4.78, 5) is 2.15. The number of fused-ring (bicyclic) bond motifs is 1. The summed E-state index contributed by atoms with van der Waals surface area (Å²) in [5, 5.41) is 0. The van der Waals surface area contributed by atoms with Gasteiger partial charge in [-0.2, -0.15) is 0 Å². The molecule has 0 radical (unpaired) electrons. The van der Waals surface area contributed by atoms with Crippen LogP contribution in [0, 0.1) is 0 Å². The largest absolute Gasteiger partial charge is 0.488 e. The van der Waals surface area contributed by atoms with E-state index in [1.54, 1.807) is 0 Å². The zero-order valence-corrected chi connectivity index (χ0v) is 13.0. The van der Waals surface area contributed by atoms with Gasteiger partial charge in [0.2, 0.25) is 5.75 Å². The van der Waals surface area contributed by atoms with Gasteiger partial charge in [0.25, 0.3) is 0 Å². The summed E-state index contributed by atoms with van der Waals surface area (Å²) >= 11 is 0. The van der Waals surface area contributed by atoms with E-state index in [0.29, 0.717) is 25.6 Å². The summed E-state index contributed by atoms with van der Waals surface area (Å²) in [6.45, 7) is 1.70. The van der Waals surface area contributed by atoms with Crippen molar-refractivity contribution in [2.75, 3.05) is 33.9 Å². The normalized spacial score (nSPS) is 14.7. The quantitative estimate of drug-likeness (QED) is 0.848. The van der Waals surface area contributed by atoms with E-state index in [-0.39, 0.29) is 6.04 Å². The highest BCUT2D eigenvalue weighted by atomic mass is 16.6. The molecule has 0 amide bonds. The van der Waals surface area contributed by atoms with Crippen molar-refractivity contribution in [3.63, 3.8) is 0 Å². The molecule has 116 valence electrons. The van der Waals surface area contributed by atoms with Gasteiger partial charge in [-0.25, -0.2) is 0 Å². The van der Waals surface area contributed by atoms with Crippen LogP contribution in [0.3, 0.4) is 0 Å². The second-order valence-corrected chi connectivity index (χ2v) is 5.48. The standard InChI is InChI=1S/C18H21NO3/c1-19(2)15(14-7-4-3-5-8-14)13-22-17-10-6-9-16-18(17)21-12-11-20-16/h3-10,15H,11-13H2,1-2H3. The Morgan fingerprint density at radius 1 is 1.00 bits per heavy atom. The van der Waals surface area contributed by atoms with Crippen molar-refractivity contribution in [3.8, 4) is 17.2 Å². The number of benzene rings is 2. The molecule has 1 unspecified atom stereocenters. The SMILES string of the molecule is CN(C)C(COc1cccc2c1OCCO2)c1ccccc1. The first kappa shape index (κ1) is 14.7. The number of likely N-dealkylation sites (N-methyl/N-ethyl adjacent to an activating group) is 1. The smallest absolute Gasteiger partial charge is 0.203 e. The maximum atomic E-state index is 6.04. The fourth-order valence-corrected chi connectivity index (χ4v) is 2.55. The zero-order chi connectivity index (χ0) is 15.4. The molecule has 0 fully saturated rings. The molecule has 1 heterocycles. The lowest BCUT2D eigenvalue weighted by molar-refractivity contribution is 0.149. The van der Waals surface area contributed by atoms with Gasteiger partial charge in [0.15, 0.2) is 11.5 Å². The molecule has 0 aliphatic carbocycles. The maximum Gasteiger partial charge on any atom is 0.203 e. The molecule has 1 atom stereocenters. The average molecular weight is 299 g/mol. The van der Waals surface area contributed by atoms with Crippen molar-refractivity contribution < 1.29 is 14.2 Å². The molecular formula is C18H21NO3. The highest BCUT2D eigenvalue weighted by molar-refractivity contribution is 5.51. The zero-order valence-electron chi connectivity index (χ0n) is 13.0. The average Bonchev–Trinajstić information content (AvgIpc) is 2.56. The third-order valence-corrected chi connectivity index (χ3v) is 3.73. The van der Waals surface area contributed by atoms with E-state index >= 15 is 0 Å². The Kier molecular flexibility index (Phi) is 4.49. The van der Waals surface area contributed by atoms with Crippen LogP contribution in [0.15, 0.2) is 48.5 Å². The molecule has 22 heavy (non-hydrogen) atoms. The number of hydrogen-bond donors (Lipinski definition) is 0. The second-order valence-electron chi connectivity index (χ2n) is 5.48. The Balaban J connectivity index is 1.76. The lowest BCUT2D eigenvalue weighted by Gasteiger charge is -2.26. The Morgan fingerprint density at radius 3 is 2.55 bits per heavy atom. The lowest BCUT2D eigenvalue weighted by Crippen LogP contribution is -2.26. The molecule has 1 aliphatic heterocycles. The number of ether oxygens (including phenoxy) is 3. The number of para-hydroxylation sites is 1. The summed E-state index contributed by atoms with van der Waals surface area (Å²) in [6, 6.07) is 16.3. The fourth-order valence-electron chi connectivity index (χ4n) is 2.55. The van der Waals surface area contributed by atoms with Crippen LogP contribution < -0.4 is 14.2 Å². The highest BCUT2D eigenvalue weighted by Gasteiger charge is 2.19. The van der Waals surface area contributed by atoms with E-state index in [1.165, 1.54) is 5.56 Å². The molecule has 0 aromatic heterocycles. The molecule has 4 nitrogen and oxygen atoms in total. The van der Waals surface area contributed by atoms with Gasteiger partial charge in [-0.15, -0.1) is 0 Å². The Hall–Kier alpha value is -2.20. The van der Waals surface area contributed by atoms with E-state index in [0.717, 1.165) is 11.5 Å². The topological polar surface area (TPSA) is 30.9 Å². The van der Waals surface area contributed by atoms with Crippen molar-refractivity contribution in [2.45, 2.75) is 6.04 Å². The molecule has 0 saturated heterocycles. The summed E-state index contributed by atoms with van der Waals surface area (Å²) < 4.78 is 17.3. The van der Waals surface area contributed by atoms with Gasteiger partial charge >= 0.3 is 0 Å². The molecular weight excluding hydrogens is 278 g/mol. The van der Waals surface area contributed by atoms with Crippen molar-refractivity contribution in [1.29, 1.82) is 0 Å². The molecule has 2 aromatic rings. The molecule has 4 heteroatoms. The first-order valence-corrected chi connectivity index (χ1v) is 7.48. The van der Waals surface area contributed by atoms with Gasteiger partial charge in [0.05, 0.1) is 6.04 Å². The van der Waals surface area contributed by atoms with Crippen LogP contribution >= 0.6 is 0 Å². The highest BCUT2D eigenvalue weighted by Crippen LogP contribution is 2.39. The van der Waals surface area contributed by atoms with Gasteiger partial charge in [-0.3, -0.25) is 4.90 Å². The lowest BCUT2D eigenvalue weighted by atomic mass is 10.1. The molecule has 0 bridgehead atoms. The van der Waals surface area contributed by atoms with Crippen LogP contribution in [0.5, 0.6) is 17.2 Å². The van der Waals surface area contributed by atoms with Gasteiger partial charge in [0.1, 0.15) is 19.8 Å². The Bertz CT molecular complexity index is 613. The summed E-state index contributed by atoms with van der Waals surface area (Å²) in [5.41, 5.74) is 1.23. The van der Waals surface area contributed by atoms with Crippen LogP contribution in [0.4, 0.5) is 0 Å². The summed E-state index contributed by atoms with van der Waals surface area (Å²) in [5.74, 6) is 2.20. The minimum atomic E-state index is 0.182. The van der Waals surface area contributed by atoms with Crippen LogP contribution in [0.2, 0.25) is 0 Å². The predicted octanol–water partition coefficient (Wildman–Crippen LogP) is 3.14. The third kappa shape index (κ3) is 3.17. The Morgan fingerprint density at radius 2 is 1.77 bits per heavy atom. The van der Waals surface area contributed by atoms with E-state index in [1.807, 2.05) is 36.4 Å². The number of rotatable bonds is 5. The summed E-state index contributed by atoms with van der Waals surface area (Å²) in [6.07, 6.45) is 0. The monoisotopic (exact) mass is 299 g/mol. The third-order valence-electron chi connectivity index (χ3n) is 3.73. The van der Waals surface area contributed by atoms with Crippen molar-refractivity contribution >= 4 is 0 Å². The summed E-state index contributed by atoms with van der Waals surface area (Å²) in [7, 11) is 4.11. The van der Waals surface area contributed by atoms with Gasteiger partial charge in [0, 0.05) is 0 Å². The minimum Gasteiger partial charge on any atom is -0.488 e. The van der Waals surface area contributed by atoms with Gasteiger partial charge < -0.3 is 14.2 Å². The second kappa shape index (κ2) is 6.71. The van der Waals surface area contributed by atoms with E-state index in [2.05, 4.69) is 31.1 Å². The van der Waals surface area contributed by atoms with E-state index in [4.69, 9.17) is 14.2 Å². The van der Waals surface area contributed by atoms with Crippen LogP contribution in [-0.2, 0) is 0 Å². The van der Waals surface area contributed by atoms with Crippen LogP contribution in [-0.4, -0.2) is 38.8 Å². The van der Waals surface area contributed by atoms with Crippen molar-refractivity contribution in [2.24, 2.45) is 0 Å². The molecule has 1 aliphatic rings. The molecule has 0 saturated carbocycles. The van der Waals surface area contributed by atoms with Crippen molar-refractivity contribution in [1.82, 2.24) is 4.90 Å². The number of nitrogens with zero attached hydrogens (tertiary/aromatic N) is 1. The predicted molar refractivity (Wildman–Crippen MR) is 85.8 cm³/mol. The first-order valence-electron chi connectivity index (χ1n) is 7.48.